The van der Waals surface area contributed by atoms with Crippen LogP contribution in [-0.2, 0) is 5.41 Å². The number of benzene rings is 1. The van der Waals surface area contributed by atoms with E-state index in [1.807, 2.05) is 25.1 Å². The Morgan fingerprint density at radius 1 is 1.14 bits per heavy atom. The molecule has 0 radical (unpaired) electrons. The van der Waals surface area contributed by atoms with E-state index in [-0.39, 0.29) is 17.6 Å². The highest BCUT2D eigenvalue weighted by Crippen LogP contribution is 2.31. The van der Waals surface area contributed by atoms with Crippen LogP contribution in [0.2, 0.25) is 0 Å². The number of hydrogen-bond donors (Lipinski definition) is 2. The van der Waals surface area contributed by atoms with Crippen molar-refractivity contribution in [3.05, 3.63) is 29.8 Å². The maximum absolute atomic E-state index is 9.60. The number of rotatable bonds is 7. The molecular weight excluding hydrogens is 262 g/mol. The van der Waals surface area contributed by atoms with Crippen molar-refractivity contribution in [1.82, 2.24) is 5.32 Å². The minimum Gasteiger partial charge on any atom is -0.493 e. The maximum Gasteiger partial charge on any atom is 0.123 e. The van der Waals surface area contributed by atoms with Gasteiger partial charge in [0.05, 0.1) is 13.2 Å². The summed E-state index contributed by atoms with van der Waals surface area (Å²) in [6.07, 6.45) is 0.764. The van der Waals surface area contributed by atoms with E-state index < -0.39 is 0 Å². The maximum atomic E-state index is 9.60. The Kier molecular flexibility index (Phi) is 6.24. The third-order valence-corrected chi connectivity index (χ3v) is 3.59. The molecule has 0 aliphatic rings. The van der Waals surface area contributed by atoms with Gasteiger partial charge in [-0.3, -0.25) is 0 Å². The van der Waals surface area contributed by atoms with Gasteiger partial charge in [0.25, 0.3) is 0 Å². The van der Waals surface area contributed by atoms with E-state index in [4.69, 9.17) is 4.74 Å². The molecule has 1 aromatic carbocycles. The van der Waals surface area contributed by atoms with Crippen molar-refractivity contribution < 1.29 is 9.84 Å². The molecule has 120 valence electrons. The Morgan fingerprint density at radius 2 is 1.76 bits per heavy atom. The summed E-state index contributed by atoms with van der Waals surface area (Å²) in [5.74, 6) is 0.940. The molecule has 0 fully saturated rings. The second-order valence-electron chi connectivity index (χ2n) is 7.36. The second-order valence-corrected chi connectivity index (χ2v) is 7.36. The zero-order valence-corrected chi connectivity index (χ0v) is 14.4. The van der Waals surface area contributed by atoms with Gasteiger partial charge >= 0.3 is 0 Å². The molecule has 0 aliphatic carbocycles. The lowest BCUT2D eigenvalue weighted by Gasteiger charge is -2.31. The van der Waals surface area contributed by atoms with Gasteiger partial charge in [-0.25, -0.2) is 0 Å². The molecule has 0 aromatic heterocycles. The Morgan fingerprint density at radius 3 is 2.29 bits per heavy atom. The van der Waals surface area contributed by atoms with Crippen LogP contribution in [0.15, 0.2) is 24.3 Å². The van der Waals surface area contributed by atoms with Gasteiger partial charge in [0.1, 0.15) is 5.75 Å². The summed E-state index contributed by atoms with van der Waals surface area (Å²) in [6.45, 7) is 13.5. The minimum atomic E-state index is -0.301. The van der Waals surface area contributed by atoms with Crippen molar-refractivity contribution in [3.8, 4) is 5.75 Å². The summed E-state index contributed by atoms with van der Waals surface area (Å²) in [6, 6.07) is 8.53. The van der Waals surface area contributed by atoms with Gasteiger partial charge in [-0.05, 0) is 24.0 Å². The molecule has 0 saturated carbocycles. The Bertz CT molecular complexity index is 437. The van der Waals surface area contributed by atoms with Crippen LogP contribution in [0.1, 0.15) is 53.5 Å². The summed E-state index contributed by atoms with van der Waals surface area (Å²) < 4.78 is 5.99. The van der Waals surface area contributed by atoms with E-state index in [1.165, 1.54) is 5.56 Å². The molecule has 21 heavy (non-hydrogen) atoms. The zero-order chi connectivity index (χ0) is 16.1. The molecule has 1 rings (SSSR count). The normalized spacial score (nSPS) is 15.0. The van der Waals surface area contributed by atoms with Gasteiger partial charge in [0.2, 0.25) is 0 Å². The Balaban J connectivity index is 2.68. The van der Waals surface area contributed by atoms with Crippen molar-refractivity contribution in [2.75, 3.05) is 13.2 Å². The lowest BCUT2D eigenvalue weighted by molar-refractivity contribution is 0.136. The summed E-state index contributed by atoms with van der Waals surface area (Å²) in [4.78, 5) is 0. The summed E-state index contributed by atoms with van der Waals surface area (Å²) in [5.41, 5.74) is 0.977. The average Bonchev–Trinajstić information content (AvgIpc) is 2.37. The van der Waals surface area contributed by atoms with Crippen LogP contribution in [0.4, 0.5) is 0 Å². The first-order valence-electron chi connectivity index (χ1n) is 7.79. The molecule has 0 spiro atoms. The fourth-order valence-electron chi connectivity index (χ4n) is 2.49. The topological polar surface area (TPSA) is 41.5 Å². The quantitative estimate of drug-likeness (QED) is 0.808. The Hall–Kier alpha value is -1.06. The van der Waals surface area contributed by atoms with Crippen molar-refractivity contribution in [2.24, 2.45) is 0 Å². The first-order valence-corrected chi connectivity index (χ1v) is 7.79. The van der Waals surface area contributed by atoms with Gasteiger partial charge in [0, 0.05) is 18.0 Å². The van der Waals surface area contributed by atoms with Crippen molar-refractivity contribution in [2.45, 2.75) is 65.0 Å². The lowest BCUT2D eigenvalue weighted by Crippen LogP contribution is -2.50. The molecule has 0 aliphatic heterocycles. The molecule has 0 bridgehead atoms. The first kappa shape index (κ1) is 18.0. The minimum absolute atomic E-state index is 0.0626. The Labute approximate surface area is 129 Å². The average molecular weight is 293 g/mol. The van der Waals surface area contributed by atoms with Gasteiger partial charge < -0.3 is 15.2 Å². The molecule has 3 heteroatoms. The highest BCUT2D eigenvalue weighted by atomic mass is 16.5. The molecule has 1 aromatic rings. The van der Waals surface area contributed by atoms with E-state index in [9.17, 15) is 5.11 Å². The predicted molar refractivity (Wildman–Crippen MR) is 89.0 cm³/mol. The van der Waals surface area contributed by atoms with E-state index >= 15 is 0 Å². The van der Waals surface area contributed by atoms with Crippen LogP contribution < -0.4 is 10.1 Å². The second kappa shape index (κ2) is 7.28. The number of aliphatic hydroxyl groups is 1. The monoisotopic (exact) mass is 293 g/mol. The van der Waals surface area contributed by atoms with E-state index in [0.29, 0.717) is 12.6 Å². The highest BCUT2D eigenvalue weighted by molar-refractivity contribution is 5.38. The highest BCUT2D eigenvalue weighted by Gasteiger charge is 2.24. The predicted octanol–water partition coefficient (Wildman–Crippen LogP) is 3.50. The van der Waals surface area contributed by atoms with Crippen LogP contribution in [0, 0.1) is 0 Å². The van der Waals surface area contributed by atoms with Crippen LogP contribution in [0.5, 0.6) is 5.75 Å². The third-order valence-electron chi connectivity index (χ3n) is 3.59. The lowest BCUT2D eigenvalue weighted by atomic mass is 9.86. The zero-order valence-electron chi connectivity index (χ0n) is 14.4. The third kappa shape index (κ3) is 5.68. The summed E-state index contributed by atoms with van der Waals surface area (Å²) >= 11 is 0. The fraction of sp³-hybridized carbons (Fsp3) is 0.667. The van der Waals surface area contributed by atoms with Crippen LogP contribution in [0.3, 0.4) is 0 Å². The molecule has 0 amide bonds. The number of aliphatic hydroxyl groups excluding tert-OH is 1. The fourth-order valence-corrected chi connectivity index (χ4v) is 2.49. The van der Waals surface area contributed by atoms with Crippen molar-refractivity contribution in [3.63, 3.8) is 0 Å². The molecule has 3 nitrogen and oxygen atoms in total. The van der Waals surface area contributed by atoms with Crippen LogP contribution in [-0.4, -0.2) is 29.9 Å². The first-order chi connectivity index (χ1) is 9.68. The molecule has 1 unspecified atom stereocenters. The summed E-state index contributed by atoms with van der Waals surface area (Å²) in [7, 11) is 0. The molecule has 0 heterocycles. The standard InChI is InChI=1S/C18H31NO2/c1-14(2)19-18(6,13-20)11-12-21-16-10-8-7-9-15(16)17(3,4)5/h7-10,14,19-20H,11-13H2,1-6H3. The van der Waals surface area contributed by atoms with E-state index in [1.54, 1.807) is 0 Å². The van der Waals surface area contributed by atoms with Gasteiger partial charge in [-0.15, -0.1) is 0 Å². The largest absolute Gasteiger partial charge is 0.493 e. The SMILES string of the molecule is CC(C)NC(C)(CO)CCOc1ccccc1C(C)(C)C. The molecular formula is C18H31NO2. The molecule has 0 saturated heterocycles. The number of nitrogens with one attached hydrogen (secondary N) is 1. The van der Waals surface area contributed by atoms with Crippen molar-refractivity contribution in [1.29, 1.82) is 0 Å². The number of hydrogen-bond acceptors (Lipinski definition) is 3. The summed E-state index contributed by atoms with van der Waals surface area (Å²) in [5, 5.41) is 13.0. The van der Waals surface area contributed by atoms with Crippen LogP contribution >= 0.6 is 0 Å². The molecule has 2 N–H and O–H groups in total. The number of ether oxygens (including phenoxy) is 1. The smallest absolute Gasteiger partial charge is 0.123 e. The van der Waals surface area contributed by atoms with Gasteiger partial charge in [-0.1, -0.05) is 52.8 Å². The van der Waals surface area contributed by atoms with Crippen LogP contribution in [0.25, 0.3) is 0 Å². The van der Waals surface area contributed by atoms with E-state index in [2.05, 4.69) is 46.0 Å². The van der Waals surface area contributed by atoms with Gasteiger partial charge in [-0.2, -0.15) is 0 Å². The van der Waals surface area contributed by atoms with E-state index in [0.717, 1.165) is 12.2 Å². The number of para-hydroxylation sites is 1. The van der Waals surface area contributed by atoms with Gasteiger partial charge in [0.15, 0.2) is 0 Å². The molecule has 1 atom stereocenters. The van der Waals surface area contributed by atoms with Crippen molar-refractivity contribution >= 4 is 0 Å².